The van der Waals surface area contributed by atoms with Crippen LogP contribution in [0.15, 0.2) is 30.3 Å². The maximum Gasteiger partial charge on any atom is 0.296 e. The molecule has 0 saturated carbocycles. The van der Waals surface area contributed by atoms with Crippen LogP contribution in [0.3, 0.4) is 0 Å². The Labute approximate surface area is 117 Å². The second-order valence-corrected chi connectivity index (χ2v) is 4.54. The minimum Gasteiger partial charge on any atom is -0.505 e. The fourth-order valence-electron chi connectivity index (χ4n) is 2.39. The number of phenols is 1. The number of benzene rings is 2. The van der Waals surface area contributed by atoms with Gasteiger partial charge in [-0.3, -0.25) is 19.7 Å². The fraction of sp³-hybridized carbons (Fsp3) is 0. The highest BCUT2D eigenvalue weighted by atomic mass is 16.6. The van der Waals surface area contributed by atoms with Gasteiger partial charge in [0.2, 0.25) is 0 Å². The molecule has 0 aromatic heterocycles. The van der Waals surface area contributed by atoms with Gasteiger partial charge in [0, 0.05) is 22.8 Å². The van der Waals surface area contributed by atoms with Crippen molar-refractivity contribution in [2.75, 3.05) is 5.73 Å². The first-order valence-corrected chi connectivity index (χ1v) is 5.91. The van der Waals surface area contributed by atoms with Crippen LogP contribution < -0.4 is 5.73 Å². The van der Waals surface area contributed by atoms with Crippen molar-refractivity contribution in [3.63, 3.8) is 0 Å². The predicted octanol–water partition coefficient (Wildman–Crippen LogP) is 1.66. The molecule has 0 radical (unpaired) electrons. The number of nitrogen functional groups attached to an aromatic ring is 1. The molecule has 0 bridgehead atoms. The number of hydrogen-bond acceptors (Lipinski definition) is 6. The molecule has 0 heterocycles. The van der Waals surface area contributed by atoms with Crippen molar-refractivity contribution in [3.8, 4) is 5.75 Å². The van der Waals surface area contributed by atoms with Crippen molar-refractivity contribution < 1.29 is 19.6 Å². The number of phenolic OH excluding ortho intramolecular Hbond substituents is 1. The predicted molar refractivity (Wildman–Crippen MR) is 72.5 cm³/mol. The van der Waals surface area contributed by atoms with Crippen LogP contribution in [0.4, 0.5) is 11.4 Å². The molecule has 0 spiro atoms. The smallest absolute Gasteiger partial charge is 0.296 e. The Bertz CT molecular complexity index is 841. The first kappa shape index (κ1) is 12.8. The van der Waals surface area contributed by atoms with Crippen LogP contribution in [0.2, 0.25) is 0 Å². The summed E-state index contributed by atoms with van der Waals surface area (Å²) in [5.74, 6) is -1.87. The summed E-state index contributed by atoms with van der Waals surface area (Å²) in [6, 6.07) is 7.01. The van der Waals surface area contributed by atoms with Crippen LogP contribution in [0.1, 0.15) is 31.8 Å². The Morgan fingerprint density at radius 3 is 2.19 bits per heavy atom. The van der Waals surface area contributed by atoms with Gasteiger partial charge in [0.25, 0.3) is 5.69 Å². The summed E-state index contributed by atoms with van der Waals surface area (Å²) < 4.78 is 0. The molecule has 7 heteroatoms. The van der Waals surface area contributed by atoms with E-state index >= 15 is 0 Å². The molecule has 0 amide bonds. The second-order valence-electron chi connectivity index (χ2n) is 4.54. The lowest BCUT2D eigenvalue weighted by atomic mass is 9.83. The van der Waals surface area contributed by atoms with E-state index in [-0.39, 0.29) is 22.3 Å². The quantitative estimate of drug-likeness (QED) is 0.303. The number of nitro groups is 1. The van der Waals surface area contributed by atoms with E-state index in [1.807, 2.05) is 0 Å². The molecule has 7 nitrogen and oxygen atoms in total. The molecule has 0 aliphatic heterocycles. The van der Waals surface area contributed by atoms with Crippen molar-refractivity contribution >= 4 is 22.9 Å². The second kappa shape index (κ2) is 4.14. The number of nitro benzene ring substituents is 1. The minimum absolute atomic E-state index is 0.138. The lowest BCUT2D eigenvalue weighted by Gasteiger charge is -2.18. The molecule has 0 atom stereocenters. The number of nitrogens with two attached hydrogens (primary N) is 1. The maximum atomic E-state index is 12.4. The topological polar surface area (TPSA) is 124 Å². The molecule has 0 unspecified atom stereocenters. The van der Waals surface area contributed by atoms with Gasteiger partial charge in [-0.05, 0) is 0 Å². The highest BCUT2D eigenvalue weighted by molar-refractivity contribution is 6.30. The SMILES string of the molecule is Nc1c([N+](=O)[O-])cc2c(c1O)C(=O)c1ccccc1C2=O. The average molecular weight is 284 g/mol. The summed E-state index contributed by atoms with van der Waals surface area (Å²) in [7, 11) is 0. The molecule has 0 saturated heterocycles. The number of carbonyl (C=O) groups excluding carboxylic acids is 2. The zero-order valence-electron chi connectivity index (χ0n) is 10.5. The summed E-state index contributed by atoms with van der Waals surface area (Å²) in [5.41, 5.74) is 4.13. The number of rotatable bonds is 1. The molecular weight excluding hydrogens is 276 g/mol. The Kier molecular flexibility index (Phi) is 2.52. The van der Waals surface area contributed by atoms with Crippen LogP contribution in [-0.4, -0.2) is 21.6 Å². The lowest BCUT2D eigenvalue weighted by molar-refractivity contribution is -0.384. The molecule has 3 rings (SSSR count). The zero-order valence-corrected chi connectivity index (χ0v) is 10.5. The van der Waals surface area contributed by atoms with Crippen LogP contribution in [0.5, 0.6) is 5.75 Å². The van der Waals surface area contributed by atoms with E-state index in [9.17, 15) is 24.8 Å². The highest BCUT2D eigenvalue weighted by Crippen LogP contribution is 2.41. The molecule has 1 aliphatic carbocycles. The van der Waals surface area contributed by atoms with Gasteiger partial charge in [-0.2, -0.15) is 0 Å². The maximum absolute atomic E-state index is 12.4. The Morgan fingerprint density at radius 2 is 1.62 bits per heavy atom. The summed E-state index contributed by atoms with van der Waals surface area (Å²) >= 11 is 0. The van der Waals surface area contributed by atoms with Gasteiger partial charge >= 0.3 is 0 Å². The molecule has 21 heavy (non-hydrogen) atoms. The molecule has 0 fully saturated rings. The van der Waals surface area contributed by atoms with E-state index in [1.165, 1.54) is 12.1 Å². The van der Waals surface area contributed by atoms with Gasteiger partial charge in [-0.25, -0.2) is 0 Å². The average Bonchev–Trinajstić information content (AvgIpc) is 2.47. The van der Waals surface area contributed by atoms with Gasteiger partial charge < -0.3 is 10.8 Å². The Morgan fingerprint density at radius 1 is 1.05 bits per heavy atom. The zero-order chi connectivity index (χ0) is 15.3. The van der Waals surface area contributed by atoms with Crippen molar-refractivity contribution in [2.24, 2.45) is 0 Å². The van der Waals surface area contributed by atoms with E-state index in [1.54, 1.807) is 12.1 Å². The molecule has 2 aromatic rings. The first-order valence-electron chi connectivity index (χ1n) is 5.91. The van der Waals surface area contributed by atoms with Crippen LogP contribution in [0, 0.1) is 10.1 Å². The summed E-state index contributed by atoms with van der Waals surface area (Å²) in [4.78, 5) is 34.8. The summed E-state index contributed by atoms with van der Waals surface area (Å²) in [6.45, 7) is 0. The number of hydrogen-bond donors (Lipinski definition) is 2. The molecule has 3 N–H and O–H groups in total. The normalized spacial score (nSPS) is 12.8. The van der Waals surface area contributed by atoms with Gasteiger partial charge in [0.1, 0.15) is 0 Å². The van der Waals surface area contributed by atoms with Crippen LogP contribution >= 0.6 is 0 Å². The van der Waals surface area contributed by atoms with Crippen molar-refractivity contribution in [1.82, 2.24) is 0 Å². The summed E-state index contributed by atoms with van der Waals surface area (Å²) in [6.07, 6.45) is 0. The number of ketones is 2. The molecule has 104 valence electrons. The lowest BCUT2D eigenvalue weighted by Crippen LogP contribution is -2.21. The standard InChI is InChI=1S/C14H8N2O5/c15-11-9(16(20)21)5-8-10(14(11)19)13(18)7-4-2-1-3-6(7)12(8)17/h1-5,19H,15H2. The van der Waals surface area contributed by atoms with Gasteiger partial charge in [0.15, 0.2) is 23.0 Å². The van der Waals surface area contributed by atoms with Crippen molar-refractivity contribution in [2.45, 2.75) is 0 Å². The van der Waals surface area contributed by atoms with E-state index in [4.69, 9.17) is 5.73 Å². The number of nitrogens with zero attached hydrogens (tertiary/aromatic N) is 1. The molecular formula is C14H8N2O5. The highest BCUT2D eigenvalue weighted by Gasteiger charge is 2.35. The summed E-state index contributed by atoms with van der Waals surface area (Å²) in [5, 5.41) is 20.9. The molecule has 1 aliphatic rings. The van der Waals surface area contributed by atoms with Crippen molar-refractivity contribution in [3.05, 3.63) is 62.7 Å². The van der Waals surface area contributed by atoms with E-state index in [2.05, 4.69) is 0 Å². The third-order valence-corrected chi connectivity index (χ3v) is 3.40. The third-order valence-electron chi connectivity index (χ3n) is 3.40. The van der Waals surface area contributed by atoms with Gasteiger partial charge in [-0.15, -0.1) is 0 Å². The van der Waals surface area contributed by atoms with E-state index < -0.39 is 33.6 Å². The fourth-order valence-corrected chi connectivity index (χ4v) is 2.39. The van der Waals surface area contributed by atoms with Crippen molar-refractivity contribution in [1.29, 1.82) is 0 Å². The first-order chi connectivity index (χ1) is 9.93. The number of anilines is 1. The Hall–Kier alpha value is -3.22. The van der Waals surface area contributed by atoms with Crippen LogP contribution in [-0.2, 0) is 0 Å². The van der Waals surface area contributed by atoms with Gasteiger partial charge in [0.05, 0.1) is 10.5 Å². The Balaban J connectivity index is 2.38. The number of aromatic hydroxyl groups is 1. The van der Waals surface area contributed by atoms with Crippen LogP contribution in [0.25, 0.3) is 0 Å². The largest absolute Gasteiger partial charge is 0.505 e. The van der Waals surface area contributed by atoms with Gasteiger partial charge in [-0.1, -0.05) is 24.3 Å². The third kappa shape index (κ3) is 1.61. The number of fused-ring (bicyclic) bond motifs is 2. The van der Waals surface area contributed by atoms with E-state index in [0.29, 0.717) is 0 Å². The molecule has 2 aromatic carbocycles. The monoisotopic (exact) mass is 284 g/mol. The minimum atomic E-state index is -0.812. The number of carbonyl (C=O) groups is 2. The van der Waals surface area contributed by atoms with E-state index in [0.717, 1.165) is 6.07 Å².